The minimum absolute atomic E-state index is 0.0741. The number of nitrogens with zero attached hydrogens (tertiary/aromatic N) is 1. The van der Waals surface area contributed by atoms with Gasteiger partial charge < -0.3 is 19.1 Å². The van der Waals surface area contributed by atoms with Crippen molar-refractivity contribution in [2.75, 3.05) is 34.4 Å². The highest BCUT2D eigenvalue weighted by atomic mass is 16.5. The van der Waals surface area contributed by atoms with Crippen LogP contribution in [0.25, 0.3) is 5.57 Å². The summed E-state index contributed by atoms with van der Waals surface area (Å²) >= 11 is 0. The molecule has 1 aliphatic rings. The Kier molecular flexibility index (Phi) is 6.12. The molecule has 132 valence electrons. The van der Waals surface area contributed by atoms with Crippen LogP contribution in [-0.2, 0) is 4.79 Å². The number of ether oxygens (including phenoxy) is 3. The van der Waals surface area contributed by atoms with E-state index >= 15 is 0 Å². The van der Waals surface area contributed by atoms with Crippen molar-refractivity contribution in [3.05, 3.63) is 23.8 Å². The Morgan fingerprint density at radius 3 is 2.21 bits per heavy atom. The van der Waals surface area contributed by atoms with E-state index < -0.39 is 0 Å². The third-order valence-electron chi connectivity index (χ3n) is 4.59. The second-order valence-corrected chi connectivity index (χ2v) is 5.98. The first-order valence-electron chi connectivity index (χ1n) is 8.33. The normalized spacial score (nSPS) is 15.5. The second kappa shape index (κ2) is 8.08. The average molecular weight is 333 g/mol. The molecule has 0 fully saturated rings. The van der Waals surface area contributed by atoms with Crippen LogP contribution in [0.4, 0.5) is 0 Å². The SMILES string of the molecule is CC[C@@H](C)C(=O)N1CC=C(c2c(OC)cc(OC)cc2OC)CC1. The molecule has 0 aromatic heterocycles. The first-order valence-corrected chi connectivity index (χ1v) is 8.33. The number of amides is 1. The first kappa shape index (κ1) is 18.2. The molecule has 0 spiro atoms. The van der Waals surface area contributed by atoms with Gasteiger partial charge in [0.1, 0.15) is 17.2 Å². The molecule has 1 atom stereocenters. The molecule has 5 heteroatoms. The third-order valence-corrected chi connectivity index (χ3v) is 4.59. The van der Waals surface area contributed by atoms with Gasteiger partial charge in [0.05, 0.1) is 26.9 Å². The lowest BCUT2D eigenvalue weighted by Crippen LogP contribution is -2.38. The molecule has 1 aliphatic heterocycles. The van der Waals surface area contributed by atoms with Gasteiger partial charge in [-0.3, -0.25) is 4.79 Å². The lowest BCUT2D eigenvalue weighted by Gasteiger charge is -2.29. The van der Waals surface area contributed by atoms with Crippen LogP contribution in [0.1, 0.15) is 32.3 Å². The largest absolute Gasteiger partial charge is 0.496 e. The summed E-state index contributed by atoms with van der Waals surface area (Å²) in [5.74, 6) is 2.43. The molecule has 0 saturated carbocycles. The lowest BCUT2D eigenvalue weighted by molar-refractivity contribution is -0.134. The van der Waals surface area contributed by atoms with Crippen molar-refractivity contribution in [3.63, 3.8) is 0 Å². The number of carbonyl (C=O) groups is 1. The standard InChI is InChI=1S/C19H27NO4/c1-6-13(2)19(21)20-9-7-14(8-10-20)18-16(23-4)11-15(22-3)12-17(18)24-5/h7,11-13H,6,8-10H2,1-5H3/t13-/m1/s1. The van der Waals surface area contributed by atoms with Crippen LogP contribution in [-0.4, -0.2) is 45.2 Å². The molecule has 2 rings (SSSR count). The van der Waals surface area contributed by atoms with Crippen molar-refractivity contribution in [3.8, 4) is 17.2 Å². The third kappa shape index (κ3) is 3.66. The molecular formula is C19H27NO4. The van der Waals surface area contributed by atoms with E-state index in [1.165, 1.54) is 0 Å². The molecular weight excluding hydrogens is 306 g/mol. The summed E-state index contributed by atoms with van der Waals surface area (Å²) in [6.07, 6.45) is 3.74. The summed E-state index contributed by atoms with van der Waals surface area (Å²) in [6, 6.07) is 3.71. The molecule has 5 nitrogen and oxygen atoms in total. The maximum Gasteiger partial charge on any atom is 0.225 e. The summed E-state index contributed by atoms with van der Waals surface area (Å²) in [5, 5.41) is 0. The minimum Gasteiger partial charge on any atom is -0.496 e. The Hall–Kier alpha value is -2.17. The molecule has 24 heavy (non-hydrogen) atoms. The van der Waals surface area contributed by atoms with E-state index in [1.54, 1.807) is 21.3 Å². The number of methoxy groups -OCH3 is 3. The first-order chi connectivity index (χ1) is 11.5. The van der Waals surface area contributed by atoms with Gasteiger partial charge in [-0.2, -0.15) is 0 Å². The summed E-state index contributed by atoms with van der Waals surface area (Å²) in [4.78, 5) is 14.2. The molecule has 0 N–H and O–H groups in total. The predicted molar refractivity (Wildman–Crippen MR) is 94.7 cm³/mol. The summed E-state index contributed by atoms with van der Waals surface area (Å²) in [6.45, 7) is 5.36. The Morgan fingerprint density at radius 1 is 1.17 bits per heavy atom. The molecule has 1 aromatic rings. The van der Waals surface area contributed by atoms with Gasteiger partial charge >= 0.3 is 0 Å². The van der Waals surface area contributed by atoms with E-state index in [2.05, 4.69) is 6.08 Å². The Morgan fingerprint density at radius 2 is 1.79 bits per heavy atom. The predicted octanol–water partition coefficient (Wildman–Crippen LogP) is 3.37. The Labute approximate surface area is 144 Å². The van der Waals surface area contributed by atoms with Crippen LogP contribution >= 0.6 is 0 Å². The van der Waals surface area contributed by atoms with Crippen LogP contribution in [0, 0.1) is 5.92 Å². The zero-order valence-corrected chi connectivity index (χ0v) is 15.2. The maximum atomic E-state index is 12.3. The van der Waals surface area contributed by atoms with Crippen molar-refractivity contribution in [1.82, 2.24) is 4.90 Å². The number of hydrogen-bond donors (Lipinski definition) is 0. The summed E-state index contributed by atoms with van der Waals surface area (Å²) in [5.41, 5.74) is 2.08. The van der Waals surface area contributed by atoms with Crippen LogP contribution in [0.15, 0.2) is 18.2 Å². The number of hydrogen-bond acceptors (Lipinski definition) is 4. The van der Waals surface area contributed by atoms with Gasteiger partial charge in [-0.25, -0.2) is 0 Å². The van der Waals surface area contributed by atoms with Gasteiger partial charge in [0.25, 0.3) is 0 Å². The van der Waals surface area contributed by atoms with Gasteiger partial charge in [0, 0.05) is 31.1 Å². The van der Waals surface area contributed by atoms with Crippen LogP contribution in [0.5, 0.6) is 17.2 Å². The van der Waals surface area contributed by atoms with E-state index in [4.69, 9.17) is 14.2 Å². The quantitative estimate of drug-likeness (QED) is 0.801. The van der Waals surface area contributed by atoms with E-state index in [0.29, 0.717) is 18.8 Å². The molecule has 0 saturated heterocycles. The van der Waals surface area contributed by atoms with E-state index in [-0.39, 0.29) is 11.8 Å². The minimum atomic E-state index is 0.0741. The van der Waals surface area contributed by atoms with Gasteiger partial charge in [0.2, 0.25) is 5.91 Å². The fraction of sp³-hybridized carbons (Fsp3) is 0.526. The van der Waals surface area contributed by atoms with Gasteiger partial charge in [-0.05, 0) is 18.4 Å². The van der Waals surface area contributed by atoms with Crippen LogP contribution in [0.3, 0.4) is 0 Å². The topological polar surface area (TPSA) is 48.0 Å². The lowest BCUT2D eigenvalue weighted by atomic mass is 9.96. The fourth-order valence-electron chi connectivity index (χ4n) is 2.90. The zero-order chi connectivity index (χ0) is 17.7. The molecule has 0 radical (unpaired) electrons. The van der Waals surface area contributed by atoms with E-state index in [9.17, 15) is 4.79 Å². The number of rotatable bonds is 6. The van der Waals surface area contributed by atoms with Crippen molar-refractivity contribution in [2.24, 2.45) is 5.92 Å². The monoisotopic (exact) mass is 333 g/mol. The zero-order valence-electron chi connectivity index (χ0n) is 15.2. The Bertz CT molecular complexity index is 599. The van der Waals surface area contributed by atoms with Gasteiger partial charge in [-0.15, -0.1) is 0 Å². The van der Waals surface area contributed by atoms with Gasteiger partial charge in [0.15, 0.2) is 0 Å². The molecule has 1 aromatic carbocycles. The molecule has 0 aliphatic carbocycles. The van der Waals surface area contributed by atoms with E-state index in [1.807, 2.05) is 30.9 Å². The molecule has 0 bridgehead atoms. The van der Waals surface area contributed by atoms with Crippen molar-refractivity contribution < 1.29 is 19.0 Å². The molecule has 1 heterocycles. The maximum absolute atomic E-state index is 12.3. The van der Waals surface area contributed by atoms with E-state index in [0.717, 1.165) is 35.5 Å². The smallest absolute Gasteiger partial charge is 0.225 e. The summed E-state index contributed by atoms with van der Waals surface area (Å²) in [7, 11) is 4.89. The highest BCUT2D eigenvalue weighted by Crippen LogP contribution is 2.40. The average Bonchev–Trinajstić information content (AvgIpc) is 2.65. The number of carbonyl (C=O) groups excluding carboxylic acids is 1. The Balaban J connectivity index is 2.30. The van der Waals surface area contributed by atoms with Crippen molar-refractivity contribution in [1.29, 1.82) is 0 Å². The van der Waals surface area contributed by atoms with Crippen LogP contribution < -0.4 is 14.2 Å². The highest BCUT2D eigenvalue weighted by Gasteiger charge is 2.24. The fourth-order valence-corrected chi connectivity index (χ4v) is 2.90. The molecule has 0 unspecified atom stereocenters. The number of benzene rings is 1. The molecule has 1 amide bonds. The summed E-state index contributed by atoms with van der Waals surface area (Å²) < 4.78 is 16.4. The highest BCUT2D eigenvalue weighted by molar-refractivity contribution is 5.82. The van der Waals surface area contributed by atoms with Crippen molar-refractivity contribution >= 4 is 11.5 Å². The van der Waals surface area contributed by atoms with Crippen molar-refractivity contribution in [2.45, 2.75) is 26.7 Å². The second-order valence-electron chi connectivity index (χ2n) is 5.98. The van der Waals surface area contributed by atoms with Crippen LogP contribution in [0.2, 0.25) is 0 Å². The van der Waals surface area contributed by atoms with Gasteiger partial charge in [-0.1, -0.05) is 19.9 Å².